The zero-order valence-electron chi connectivity index (χ0n) is 38.5. The van der Waals surface area contributed by atoms with E-state index >= 15 is 0 Å². The van der Waals surface area contributed by atoms with Gasteiger partial charge in [-0.05, 0) is 142 Å². The Morgan fingerprint density at radius 3 is 1.01 bits per heavy atom. The maximum atomic E-state index is 6.58. The van der Waals surface area contributed by atoms with Crippen molar-refractivity contribution >= 4 is 173 Å². The fourth-order valence-corrected chi connectivity index (χ4v) is 13.7. The molecule has 12 aromatic carbocycles. The number of anilines is 6. The molecule has 0 saturated heterocycles. The van der Waals surface area contributed by atoms with Gasteiger partial charge in [0.05, 0.1) is 0 Å². The lowest BCUT2D eigenvalue weighted by molar-refractivity contribution is 0.669. The van der Waals surface area contributed by atoms with Crippen LogP contribution in [-0.4, -0.2) is 0 Å². The maximum Gasteiger partial charge on any atom is 0.137 e. The molecule has 0 amide bonds. The van der Waals surface area contributed by atoms with Crippen LogP contribution in [0.1, 0.15) is 0 Å². The Kier molecular flexibility index (Phi) is 8.46. The molecule has 16 rings (SSSR count). The van der Waals surface area contributed by atoms with E-state index in [1.165, 1.54) is 72.7 Å². The number of thiophene rings is 2. The van der Waals surface area contributed by atoms with Gasteiger partial charge in [-0.25, -0.2) is 0 Å². The van der Waals surface area contributed by atoms with Gasteiger partial charge >= 0.3 is 0 Å². The monoisotopic (exact) mass is 954 g/mol. The van der Waals surface area contributed by atoms with E-state index in [9.17, 15) is 0 Å². The van der Waals surface area contributed by atoms with Crippen LogP contribution in [0.3, 0.4) is 0 Å². The van der Waals surface area contributed by atoms with Gasteiger partial charge in [-0.3, -0.25) is 0 Å². The van der Waals surface area contributed by atoms with Gasteiger partial charge in [0.2, 0.25) is 0 Å². The number of nitrogens with zero attached hydrogens (tertiary/aromatic N) is 2. The van der Waals surface area contributed by atoms with Crippen LogP contribution < -0.4 is 9.80 Å². The van der Waals surface area contributed by atoms with Crippen LogP contribution in [0.5, 0.6) is 0 Å². The Morgan fingerprint density at radius 1 is 0.236 bits per heavy atom. The van der Waals surface area contributed by atoms with Crippen molar-refractivity contribution in [3.63, 3.8) is 0 Å². The van der Waals surface area contributed by atoms with Gasteiger partial charge in [0, 0.05) is 108 Å². The molecule has 0 spiro atoms. The van der Waals surface area contributed by atoms with E-state index in [4.69, 9.17) is 8.83 Å². The maximum absolute atomic E-state index is 6.58. The second kappa shape index (κ2) is 15.3. The van der Waals surface area contributed by atoms with E-state index < -0.39 is 0 Å². The summed E-state index contributed by atoms with van der Waals surface area (Å²) < 4.78 is 18.2. The Balaban J connectivity index is 0.802. The molecule has 0 saturated carbocycles. The molecule has 0 unspecified atom stereocenters. The molecule has 16 aromatic rings. The standard InChI is InChI=1S/C66H38N2O2S2/c1-3-15-43(16-4-1)67(45-19-23-49-55-31-39-11-7-9-13-41(39)33-57(55)69-59(49)35-45)47-21-25-53-63(37-47)71-61-29-27-52-51(65(53)61)28-30-62-66(52)54-26-22-48(38-64(54)72-62)68(44-17-5-2-6-18-44)46-20-24-50-56-32-40-12-8-10-14-42(40)34-58(56)70-60(50)36-46/h1-38H. The first-order chi connectivity index (χ1) is 35.6. The highest BCUT2D eigenvalue weighted by molar-refractivity contribution is 7.26. The molecule has 4 heterocycles. The summed E-state index contributed by atoms with van der Waals surface area (Å²) in [4.78, 5) is 4.69. The van der Waals surface area contributed by atoms with Gasteiger partial charge in [-0.2, -0.15) is 0 Å². The Morgan fingerprint density at radius 2 is 0.583 bits per heavy atom. The first-order valence-electron chi connectivity index (χ1n) is 24.3. The first-order valence-corrected chi connectivity index (χ1v) is 25.9. The molecular weight excluding hydrogens is 917 g/mol. The van der Waals surface area contributed by atoms with Gasteiger partial charge in [-0.1, -0.05) is 109 Å². The molecule has 0 aliphatic heterocycles. The molecule has 0 atom stereocenters. The van der Waals surface area contributed by atoms with E-state index in [2.05, 4.69) is 240 Å². The predicted octanol–water partition coefficient (Wildman–Crippen LogP) is 20.6. The summed E-state index contributed by atoms with van der Waals surface area (Å²) in [6.07, 6.45) is 0. The zero-order chi connectivity index (χ0) is 47.0. The second-order valence-electron chi connectivity index (χ2n) is 18.8. The van der Waals surface area contributed by atoms with Gasteiger partial charge in [-0.15, -0.1) is 22.7 Å². The third-order valence-electron chi connectivity index (χ3n) is 14.7. The largest absolute Gasteiger partial charge is 0.456 e. The van der Waals surface area contributed by atoms with E-state index in [0.29, 0.717) is 0 Å². The van der Waals surface area contributed by atoms with E-state index in [-0.39, 0.29) is 0 Å². The molecule has 0 bridgehead atoms. The molecule has 6 heteroatoms. The summed E-state index contributed by atoms with van der Waals surface area (Å²) >= 11 is 3.73. The van der Waals surface area contributed by atoms with Crippen molar-refractivity contribution in [3.05, 3.63) is 231 Å². The highest BCUT2D eigenvalue weighted by Crippen LogP contribution is 2.48. The molecule has 4 aromatic heterocycles. The van der Waals surface area contributed by atoms with E-state index in [1.807, 2.05) is 22.7 Å². The summed E-state index contributed by atoms with van der Waals surface area (Å²) in [5.41, 5.74) is 10.0. The summed E-state index contributed by atoms with van der Waals surface area (Å²) in [5, 5.41) is 17.0. The molecule has 336 valence electrons. The molecular formula is C66H38N2O2S2. The number of benzene rings is 12. The number of rotatable bonds is 6. The average Bonchev–Trinajstić information content (AvgIpc) is 4.19. The van der Waals surface area contributed by atoms with Crippen molar-refractivity contribution in [2.24, 2.45) is 0 Å². The molecule has 72 heavy (non-hydrogen) atoms. The lowest BCUT2D eigenvalue weighted by Gasteiger charge is -2.25. The second-order valence-corrected chi connectivity index (χ2v) is 21.0. The van der Waals surface area contributed by atoms with Crippen molar-refractivity contribution < 1.29 is 8.83 Å². The van der Waals surface area contributed by atoms with Crippen molar-refractivity contribution in [1.82, 2.24) is 0 Å². The summed E-state index contributed by atoms with van der Waals surface area (Å²) in [7, 11) is 0. The molecule has 0 aliphatic carbocycles. The van der Waals surface area contributed by atoms with Gasteiger partial charge in [0.15, 0.2) is 0 Å². The van der Waals surface area contributed by atoms with Crippen LogP contribution in [0.2, 0.25) is 0 Å². The van der Waals surface area contributed by atoms with Crippen molar-refractivity contribution in [3.8, 4) is 0 Å². The molecule has 0 aliphatic rings. The fraction of sp³-hybridized carbons (Fsp3) is 0. The number of para-hydroxylation sites is 2. The van der Waals surface area contributed by atoms with E-state index in [0.717, 1.165) is 78.0 Å². The van der Waals surface area contributed by atoms with Gasteiger partial charge in [0.1, 0.15) is 22.3 Å². The Labute approximate surface area is 420 Å². The topological polar surface area (TPSA) is 32.8 Å². The zero-order valence-corrected chi connectivity index (χ0v) is 40.1. The Hall–Kier alpha value is -8.94. The van der Waals surface area contributed by atoms with Crippen LogP contribution in [0.25, 0.3) is 117 Å². The van der Waals surface area contributed by atoms with Crippen LogP contribution in [-0.2, 0) is 0 Å². The smallest absolute Gasteiger partial charge is 0.137 e. The lowest BCUT2D eigenvalue weighted by Crippen LogP contribution is -2.09. The van der Waals surface area contributed by atoms with Crippen LogP contribution in [0.4, 0.5) is 34.1 Å². The van der Waals surface area contributed by atoms with Crippen LogP contribution in [0, 0.1) is 0 Å². The van der Waals surface area contributed by atoms with Gasteiger partial charge in [0.25, 0.3) is 0 Å². The highest BCUT2D eigenvalue weighted by Gasteiger charge is 2.21. The predicted molar refractivity (Wildman–Crippen MR) is 309 cm³/mol. The summed E-state index contributed by atoms with van der Waals surface area (Å²) in [6, 6.07) is 83.6. The van der Waals surface area contributed by atoms with Crippen LogP contribution in [0.15, 0.2) is 239 Å². The third kappa shape index (κ3) is 6.03. The molecule has 0 radical (unpaired) electrons. The van der Waals surface area contributed by atoms with Crippen LogP contribution >= 0.6 is 22.7 Å². The summed E-state index contributed by atoms with van der Waals surface area (Å²) in [6.45, 7) is 0. The highest BCUT2D eigenvalue weighted by atomic mass is 32.1. The molecule has 0 N–H and O–H groups in total. The number of hydrogen-bond acceptors (Lipinski definition) is 6. The Bertz CT molecular complexity index is 4580. The van der Waals surface area contributed by atoms with Gasteiger partial charge < -0.3 is 18.6 Å². The van der Waals surface area contributed by atoms with Crippen molar-refractivity contribution in [1.29, 1.82) is 0 Å². The summed E-state index contributed by atoms with van der Waals surface area (Å²) in [5.74, 6) is 0. The average molecular weight is 955 g/mol. The molecule has 4 nitrogen and oxygen atoms in total. The fourth-order valence-electron chi connectivity index (χ4n) is 11.4. The minimum Gasteiger partial charge on any atom is -0.456 e. The minimum absolute atomic E-state index is 0.875. The first kappa shape index (κ1) is 39.9. The minimum atomic E-state index is 0.875. The SMILES string of the molecule is c1ccc(N(c2ccc3c(c2)oc2cc4ccccc4cc23)c2ccc3c(c2)sc2ccc4c(ccc5sc6cc(N(c7ccccc7)c7ccc8c(c7)oc7cc9ccccc9cc78)ccc6c54)c23)cc1. The number of furan rings is 2. The molecule has 0 fully saturated rings. The third-order valence-corrected chi connectivity index (χ3v) is 17.0. The lowest BCUT2D eigenvalue weighted by atomic mass is 9.99. The normalized spacial score (nSPS) is 12.2. The number of fused-ring (bicyclic) bond motifs is 17. The number of hydrogen-bond donors (Lipinski definition) is 0. The van der Waals surface area contributed by atoms with Crippen molar-refractivity contribution in [2.75, 3.05) is 9.80 Å². The van der Waals surface area contributed by atoms with Crippen molar-refractivity contribution in [2.45, 2.75) is 0 Å². The van der Waals surface area contributed by atoms with E-state index in [1.54, 1.807) is 0 Å². The quantitative estimate of drug-likeness (QED) is 0.166.